The van der Waals surface area contributed by atoms with Crippen molar-refractivity contribution < 1.29 is 44.1 Å². The zero-order chi connectivity index (χ0) is 55.8. The van der Waals surface area contributed by atoms with Gasteiger partial charge in [-0.1, -0.05) is 250 Å². The van der Waals surface area contributed by atoms with E-state index in [4.69, 9.17) is 0 Å². The molecule has 10 heteroatoms. The molecular formula is C66H117AlO9. The van der Waals surface area contributed by atoms with Crippen LogP contribution in [0.25, 0.3) is 0 Å². The van der Waals surface area contributed by atoms with Crippen molar-refractivity contribution in [2.75, 3.05) is 0 Å². The van der Waals surface area contributed by atoms with Crippen molar-refractivity contribution in [3.05, 3.63) is 36.5 Å². The Morgan fingerprint density at radius 1 is 0.237 bits per heavy atom. The standard InChI is InChI=1S/3C22H40O3.Al/c3*1-2-3-4-5-6-7-8-9-10-11-12-13-14-15-16-17-18-19-21(23)20-22(24)25;/h3*9-10H,2-8,11-20H2,1H3,(H,24,25);/q;;;+3/p-3. The van der Waals surface area contributed by atoms with Crippen LogP contribution in [0.4, 0.5) is 0 Å². The minimum absolute atomic E-state index is 0. The van der Waals surface area contributed by atoms with Crippen molar-refractivity contribution in [3.8, 4) is 0 Å². The topological polar surface area (TPSA) is 172 Å². The van der Waals surface area contributed by atoms with Gasteiger partial charge in [0.25, 0.3) is 0 Å². The molecule has 9 nitrogen and oxygen atoms in total. The summed E-state index contributed by atoms with van der Waals surface area (Å²) in [5, 5.41) is 30.8. The van der Waals surface area contributed by atoms with E-state index in [1.54, 1.807) is 0 Å². The molecule has 76 heavy (non-hydrogen) atoms. The number of allylic oxidation sites excluding steroid dienone is 6. The molecule has 0 fully saturated rings. The maximum absolute atomic E-state index is 11.2. The SMILES string of the molecule is CCCCCCCCC=CCCCCCCCCCC(=O)CC(=O)[O-].CCCCCCCCC=CCCCCCCCCCC(=O)CC(=O)[O-].CCCCCCCCC=CCCCCCCCCCC(=O)CC(=O)[O-].[Al+3]. The average molecular weight is 1080 g/mol. The van der Waals surface area contributed by atoms with Gasteiger partial charge >= 0.3 is 17.4 Å². The van der Waals surface area contributed by atoms with Crippen LogP contribution in [-0.4, -0.2) is 52.6 Å². The van der Waals surface area contributed by atoms with Crippen LogP contribution in [0.2, 0.25) is 0 Å². The minimum Gasteiger partial charge on any atom is -0.550 e. The molecule has 0 aliphatic carbocycles. The maximum Gasteiger partial charge on any atom is 3.00 e. The Labute approximate surface area is 479 Å². The van der Waals surface area contributed by atoms with Crippen LogP contribution in [0.5, 0.6) is 0 Å². The van der Waals surface area contributed by atoms with Gasteiger partial charge in [-0.15, -0.1) is 0 Å². The zero-order valence-electron chi connectivity index (χ0n) is 49.8. The van der Waals surface area contributed by atoms with Gasteiger partial charge in [0, 0.05) is 56.4 Å². The van der Waals surface area contributed by atoms with Crippen molar-refractivity contribution >= 4 is 52.6 Å². The van der Waals surface area contributed by atoms with Crippen LogP contribution < -0.4 is 15.3 Å². The number of unbranched alkanes of at least 4 members (excludes halogenated alkanes) is 39. The number of ketones is 3. The number of rotatable bonds is 57. The molecule has 0 saturated heterocycles. The first-order valence-corrected chi connectivity index (χ1v) is 31.6. The second-order valence-electron chi connectivity index (χ2n) is 21.4. The molecule has 0 heterocycles. The summed E-state index contributed by atoms with van der Waals surface area (Å²) in [4.78, 5) is 64.3. The van der Waals surface area contributed by atoms with Crippen molar-refractivity contribution in [2.24, 2.45) is 0 Å². The molecule has 0 rings (SSSR count). The van der Waals surface area contributed by atoms with E-state index in [0.717, 1.165) is 57.8 Å². The first-order chi connectivity index (χ1) is 36.5. The molecule has 0 spiro atoms. The quantitative estimate of drug-likeness (QED) is 0.0249. The summed E-state index contributed by atoms with van der Waals surface area (Å²) in [6.45, 7) is 6.77. The van der Waals surface area contributed by atoms with E-state index in [0.29, 0.717) is 19.3 Å². The van der Waals surface area contributed by atoms with Crippen LogP contribution in [0, 0.1) is 0 Å². The van der Waals surface area contributed by atoms with Gasteiger partial charge in [0.2, 0.25) is 0 Å². The second kappa shape index (κ2) is 70.2. The Morgan fingerprint density at radius 2 is 0.382 bits per heavy atom. The Hall–Kier alpha value is -2.83. The maximum atomic E-state index is 11.2. The number of Topliss-reactive ketones (excluding diaryl/α,β-unsaturated/α-hetero) is 3. The number of carboxylic acids is 3. The first kappa shape index (κ1) is 79.7. The number of carboxylic acid groups (broad SMARTS) is 3. The molecule has 0 aliphatic heterocycles. The monoisotopic (exact) mass is 1080 g/mol. The van der Waals surface area contributed by atoms with E-state index in [1.165, 1.54) is 231 Å². The number of hydrogen-bond acceptors (Lipinski definition) is 9. The summed E-state index contributed by atoms with van der Waals surface area (Å²) in [5.41, 5.74) is 0. The average Bonchev–Trinajstić information content (AvgIpc) is 3.36. The predicted molar refractivity (Wildman–Crippen MR) is 316 cm³/mol. The fourth-order valence-corrected chi connectivity index (χ4v) is 8.99. The van der Waals surface area contributed by atoms with Crippen LogP contribution in [-0.2, 0) is 28.8 Å². The third-order valence-corrected chi connectivity index (χ3v) is 13.7. The third kappa shape index (κ3) is 80.0. The molecule has 0 atom stereocenters. The molecule has 0 unspecified atom stereocenters. The predicted octanol–water partition coefficient (Wildman–Crippen LogP) is 16.2. The third-order valence-electron chi connectivity index (χ3n) is 13.7. The van der Waals surface area contributed by atoms with E-state index < -0.39 is 37.2 Å². The van der Waals surface area contributed by atoms with Crippen LogP contribution in [0.15, 0.2) is 36.5 Å². The van der Waals surface area contributed by atoms with Gasteiger partial charge in [-0.3, -0.25) is 14.4 Å². The molecule has 0 aliphatic rings. The molecule has 0 saturated carbocycles. The van der Waals surface area contributed by atoms with Crippen molar-refractivity contribution in [3.63, 3.8) is 0 Å². The minimum atomic E-state index is -1.26. The summed E-state index contributed by atoms with van der Waals surface area (Å²) in [5.74, 6) is -4.38. The normalized spacial score (nSPS) is 11.1. The van der Waals surface area contributed by atoms with Crippen molar-refractivity contribution in [1.29, 1.82) is 0 Å². The summed E-state index contributed by atoms with van der Waals surface area (Å²) in [7, 11) is 0. The fraction of sp³-hybridized carbons (Fsp3) is 0.818. The summed E-state index contributed by atoms with van der Waals surface area (Å²) in [6, 6.07) is 0. The van der Waals surface area contributed by atoms with Crippen LogP contribution >= 0.6 is 0 Å². The largest absolute Gasteiger partial charge is 3.00 e. The van der Waals surface area contributed by atoms with E-state index in [1.807, 2.05) is 0 Å². The molecule has 0 N–H and O–H groups in total. The summed E-state index contributed by atoms with van der Waals surface area (Å²) >= 11 is 0. The Balaban J connectivity index is -0.000000508. The molecule has 438 valence electrons. The number of carbonyl (C=O) groups is 6. The van der Waals surface area contributed by atoms with Gasteiger partial charge in [-0.05, 0) is 96.3 Å². The van der Waals surface area contributed by atoms with E-state index in [2.05, 4.69) is 57.2 Å². The van der Waals surface area contributed by atoms with Crippen molar-refractivity contribution in [1.82, 2.24) is 0 Å². The van der Waals surface area contributed by atoms with Crippen LogP contribution in [0.1, 0.15) is 348 Å². The molecule has 0 radical (unpaired) electrons. The van der Waals surface area contributed by atoms with E-state index >= 15 is 0 Å². The number of aliphatic carboxylic acids is 3. The Bertz CT molecular complexity index is 1210. The molecule has 0 bridgehead atoms. The second-order valence-corrected chi connectivity index (χ2v) is 21.4. The molecule has 0 aromatic heterocycles. The van der Waals surface area contributed by atoms with Gasteiger partial charge in [-0.25, -0.2) is 0 Å². The van der Waals surface area contributed by atoms with Gasteiger partial charge in [0.15, 0.2) is 0 Å². The summed E-state index contributed by atoms with van der Waals surface area (Å²) in [6.07, 6.45) is 70.0. The van der Waals surface area contributed by atoms with Crippen LogP contribution in [0.3, 0.4) is 0 Å². The van der Waals surface area contributed by atoms with E-state index in [-0.39, 0.29) is 34.7 Å². The van der Waals surface area contributed by atoms with E-state index in [9.17, 15) is 44.1 Å². The first-order valence-electron chi connectivity index (χ1n) is 31.6. The molecule has 0 aromatic carbocycles. The molecule has 0 aromatic rings. The smallest absolute Gasteiger partial charge is 0.550 e. The Kier molecular flexibility index (Phi) is 73.6. The fourth-order valence-electron chi connectivity index (χ4n) is 8.99. The number of hydrogen-bond donors (Lipinski definition) is 0. The molecular weight excluding hydrogens is 964 g/mol. The van der Waals surface area contributed by atoms with Gasteiger partial charge < -0.3 is 29.7 Å². The van der Waals surface area contributed by atoms with Gasteiger partial charge in [0.05, 0.1) is 0 Å². The van der Waals surface area contributed by atoms with Gasteiger partial charge in [0.1, 0.15) is 17.3 Å². The Morgan fingerprint density at radius 3 is 0.539 bits per heavy atom. The van der Waals surface area contributed by atoms with Gasteiger partial charge in [-0.2, -0.15) is 0 Å². The van der Waals surface area contributed by atoms with Crippen molar-refractivity contribution in [2.45, 2.75) is 348 Å². The zero-order valence-corrected chi connectivity index (χ0v) is 50.9. The summed E-state index contributed by atoms with van der Waals surface area (Å²) < 4.78 is 0. The molecule has 0 amide bonds. The number of carbonyl (C=O) groups excluding carboxylic acids is 6.